The number of fused-ring (bicyclic) bond motifs is 1. The van der Waals surface area contributed by atoms with Gasteiger partial charge in [-0.1, -0.05) is 12.1 Å². The number of methoxy groups -OCH3 is 1. The van der Waals surface area contributed by atoms with Gasteiger partial charge in [0.05, 0.1) is 27.8 Å². The monoisotopic (exact) mass is 488 g/mol. The number of para-hydroxylation sites is 1. The third-order valence-corrected chi connectivity index (χ3v) is 8.51. The molecule has 1 N–H and O–H groups in total. The standard InChI is InChI=1S/C23H28N4O4S2/c1-17(22-25-20-5-3-4-6-21(20)32-22)26-12-14-27(15-13-26)23(28)18-7-9-19(10-8-18)33(29,30)24-11-16-31-2/h3-10,17,24H,11-16H2,1-2H3/t17-/m1/s1. The number of piperazine rings is 1. The summed E-state index contributed by atoms with van der Waals surface area (Å²) in [5.41, 5.74) is 1.51. The van der Waals surface area contributed by atoms with Crippen molar-refractivity contribution in [3.63, 3.8) is 0 Å². The molecule has 3 aromatic rings. The molecular formula is C23H28N4O4S2. The zero-order valence-electron chi connectivity index (χ0n) is 18.7. The number of rotatable bonds is 8. The van der Waals surface area contributed by atoms with Crippen LogP contribution in [-0.2, 0) is 14.8 Å². The van der Waals surface area contributed by atoms with E-state index in [0.29, 0.717) is 25.3 Å². The van der Waals surface area contributed by atoms with Crippen molar-refractivity contribution in [1.82, 2.24) is 19.5 Å². The number of hydrogen-bond acceptors (Lipinski definition) is 7. The number of ether oxygens (including phenoxy) is 1. The molecule has 10 heteroatoms. The SMILES string of the molecule is COCCNS(=O)(=O)c1ccc(C(=O)N2CCN([C@H](C)c3nc4ccccc4s3)CC2)cc1. The van der Waals surface area contributed by atoms with Crippen molar-refractivity contribution in [2.75, 3.05) is 46.4 Å². The van der Waals surface area contributed by atoms with E-state index in [2.05, 4.69) is 22.6 Å². The lowest BCUT2D eigenvalue weighted by atomic mass is 10.1. The lowest BCUT2D eigenvalue weighted by molar-refractivity contribution is 0.0582. The number of thiazole rings is 1. The molecule has 2 heterocycles. The molecule has 0 aliphatic carbocycles. The number of carbonyl (C=O) groups excluding carboxylic acids is 1. The van der Waals surface area contributed by atoms with Crippen LogP contribution in [0.15, 0.2) is 53.4 Å². The Hall–Kier alpha value is -2.37. The molecule has 1 aliphatic heterocycles. The summed E-state index contributed by atoms with van der Waals surface area (Å²) in [6.07, 6.45) is 0. The summed E-state index contributed by atoms with van der Waals surface area (Å²) in [5, 5.41) is 1.09. The highest BCUT2D eigenvalue weighted by Gasteiger charge is 2.27. The summed E-state index contributed by atoms with van der Waals surface area (Å²) >= 11 is 1.72. The molecule has 0 bridgehead atoms. The predicted molar refractivity (Wildman–Crippen MR) is 129 cm³/mol. The first-order valence-corrected chi connectivity index (χ1v) is 13.2. The second-order valence-corrected chi connectivity index (χ2v) is 10.8. The molecule has 33 heavy (non-hydrogen) atoms. The van der Waals surface area contributed by atoms with Crippen molar-refractivity contribution in [3.05, 3.63) is 59.1 Å². The number of carbonyl (C=O) groups is 1. The molecule has 1 fully saturated rings. The van der Waals surface area contributed by atoms with E-state index in [0.717, 1.165) is 23.6 Å². The van der Waals surface area contributed by atoms with E-state index in [-0.39, 0.29) is 23.4 Å². The first-order valence-electron chi connectivity index (χ1n) is 10.9. The van der Waals surface area contributed by atoms with E-state index in [1.165, 1.54) is 23.9 Å². The number of nitrogens with one attached hydrogen (secondary N) is 1. The van der Waals surface area contributed by atoms with Gasteiger partial charge in [0.15, 0.2) is 0 Å². The second-order valence-electron chi connectivity index (χ2n) is 7.94. The van der Waals surface area contributed by atoms with Gasteiger partial charge < -0.3 is 9.64 Å². The van der Waals surface area contributed by atoms with Gasteiger partial charge in [0, 0.05) is 45.4 Å². The maximum atomic E-state index is 13.0. The average Bonchev–Trinajstić information content (AvgIpc) is 3.28. The third-order valence-electron chi connectivity index (χ3n) is 5.83. The lowest BCUT2D eigenvalue weighted by Gasteiger charge is -2.37. The van der Waals surface area contributed by atoms with Gasteiger partial charge in [-0.05, 0) is 43.3 Å². The van der Waals surface area contributed by atoms with E-state index < -0.39 is 10.0 Å². The normalized spacial score (nSPS) is 16.2. The van der Waals surface area contributed by atoms with E-state index >= 15 is 0 Å². The molecule has 176 valence electrons. The van der Waals surface area contributed by atoms with Gasteiger partial charge in [0.25, 0.3) is 5.91 Å². The van der Waals surface area contributed by atoms with Crippen LogP contribution < -0.4 is 4.72 Å². The van der Waals surface area contributed by atoms with Gasteiger partial charge in [-0.2, -0.15) is 0 Å². The van der Waals surface area contributed by atoms with Crippen molar-refractivity contribution in [2.24, 2.45) is 0 Å². The highest BCUT2D eigenvalue weighted by Crippen LogP contribution is 2.30. The Labute approximate surface area is 198 Å². The number of benzene rings is 2. The highest BCUT2D eigenvalue weighted by molar-refractivity contribution is 7.89. The third kappa shape index (κ3) is 5.42. The molecular weight excluding hydrogens is 460 g/mol. The van der Waals surface area contributed by atoms with E-state index in [1.807, 2.05) is 23.1 Å². The highest BCUT2D eigenvalue weighted by atomic mass is 32.2. The van der Waals surface area contributed by atoms with Crippen LogP contribution in [0.5, 0.6) is 0 Å². The van der Waals surface area contributed by atoms with Crippen LogP contribution in [0.3, 0.4) is 0 Å². The molecule has 0 unspecified atom stereocenters. The van der Waals surface area contributed by atoms with Gasteiger partial charge >= 0.3 is 0 Å². The maximum absolute atomic E-state index is 13.0. The molecule has 1 saturated heterocycles. The maximum Gasteiger partial charge on any atom is 0.253 e. The lowest BCUT2D eigenvalue weighted by Crippen LogP contribution is -2.49. The molecule has 0 saturated carbocycles. The van der Waals surface area contributed by atoms with Gasteiger partial charge in [-0.3, -0.25) is 9.69 Å². The Morgan fingerprint density at radius 2 is 1.82 bits per heavy atom. The van der Waals surface area contributed by atoms with Gasteiger partial charge in [-0.25, -0.2) is 18.1 Å². The molecule has 1 aromatic heterocycles. The molecule has 0 radical (unpaired) electrons. The van der Waals surface area contributed by atoms with Crippen molar-refractivity contribution in [2.45, 2.75) is 17.9 Å². The Morgan fingerprint density at radius 1 is 1.12 bits per heavy atom. The topological polar surface area (TPSA) is 91.8 Å². The van der Waals surface area contributed by atoms with Crippen molar-refractivity contribution in [1.29, 1.82) is 0 Å². The van der Waals surface area contributed by atoms with E-state index in [9.17, 15) is 13.2 Å². The van der Waals surface area contributed by atoms with Crippen LogP contribution in [-0.4, -0.2) is 75.5 Å². The minimum absolute atomic E-state index is 0.0846. The van der Waals surface area contributed by atoms with Crippen molar-refractivity contribution >= 4 is 37.5 Å². The molecule has 1 aliphatic rings. The van der Waals surface area contributed by atoms with Crippen LogP contribution >= 0.6 is 11.3 Å². The Balaban J connectivity index is 1.35. The smallest absolute Gasteiger partial charge is 0.253 e. The minimum atomic E-state index is -3.62. The largest absolute Gasteiger partial charge is 0.383 e. The molecule has 4 rings (SSSR count). The summed E-state index contributed by atoms with van der Waals surface area (Å²) in [4.78, 5) is 22.0. The Bertz CT molecular complexity index is 1170. The summed E-state index contributed by atoms with van der Waals surface area (Å²) in [7, 11) is -2.11. The average molecular weight is 489 g/mol. The van der Waals surface area contributed by atoms with Crippen LogP contribution in [0.25, 0.3) is 10.2 Å². The number of aromatic nitrogens is 1. The predicted octanol–water partition coefficient (Wildman–Crippen LogP) is 2.74. The van der Waals surface area contributed by atoms with E-state index in [1.54, 1.807) is 23.5 Å². The zero-order valence-corrected chi connectivity index (χ0v) is 20.4. The number of hydrogen-bond donors (Lipinski definition) is 1. The molecule has 0 spiro atoms. The fraction of sp³-hybridized carbons (Fsp3) is 0.391. The first-order chi connectivity index (χ1) is 15.9. The fourth-order valence-corrected chi connectivity index (χ4v) is 5.92. The summed E-state index contributed by atoms with van der Waals surface area (Å²) in [6.45, 7) is 5.41. The zero-order chi connectivity index (χ0) is 23.4. The summed E-state index contributed by atoms with van der Waals surface area (Å²) in [5.74, 6) is -0.0846. The Morgan fingerprint density at radius 3 is 2.48 bits per heavy atom. The van der Waals surface area contributed by atoms with Gasteiger partial charge in [-0.15, -0.1) is 11.3 Å². The fourth-order valence-electron chi connectivity index (χ4n) is 3.86. The number of nitrogens with zero attached hydrogens (tertiary/aromatic N) is 3. The van der Waals surface area contributed by atoms with Crippen LogP contribution in [0, 0.1) is 0 Å². The minimum Gasteiger partial charge on any atom is -0.383 e. The van der Waals surface area contributed by atoms with Crippen molar-refractivity contribution in [3.8, 4) is 0 Å². The number of amides is 1. The second kappa shape index (κ2) is 10.3. The van der Waals surface area contributed by atoms with Crippen LogP contribution in [0.1, 0.15) is 28.3 Å². The van der Waals surface area contributed by atoms with Crippen LogP contribution in [0.2, 0.25) is 0 Å². The first kappa shape index (κ1) is 23.8. The van der Waals surface area contributed by atoms with Gasteiger partial charge in [0.1, 0.15) is 5.01 Å². The summed E-state index contributed by atoms with van der Waals surface area (Å²) < 4.78 is 33.1. The van der Waals surface area contributed by atoms with Crippen molar-refractivity contribution < 1.29 is 17.9 Å². The summed E-state index contributed by atoms with van der Waals surface area (Å²) in [6, 6.07) is 14.4. The Kier molecular flexibility index (Phi) is 7.40. The van der Waals surface area contributed by atoms with E-state index in [4.69, 9.17) is 9.72 Å². The molecule has 1 atom stereocenters. The molecule has 2 aromatic carbocycles. The van der Waals surface area contributed by atoms with Gasteiger partial charge in [0.2, 0.25) is 10.0 Å². The van der Waals surface area contributed by atoms with Crippen LogP contribution in [0.4, 0.5) is 0 Å². The molecule has 1 amide bonds. The number of sulfonamides is 1. The molecule has 8 nitrogen and oxygen atoms in total. The quantitative estimate of drug-likeness (QED) is 0.490.